The van der Waals surface area contributed by atoms with E-state index in [1.807, 2.05) is 6.92 Å². The summed E-state index contributed by atoms with van der Waals surface area (Å²) in [6.45, 7) is 2.22. The number of aliphatic hydroxyl groups is 1. The lowest BCUT2D eigenvalue weighted by Gasteiger charge is -2.11. The number of halogens is 1. The van der Waals surface area contributed by atoms with Gasteiger partial charge in [0.1, 0.15) is 0 Å². The third kappa shape index (κ3) is 3.67. The van der Waals surface area contributed by atoms with Crippen LogP contribution in [0.1, 0.15) is 19.8 Å². The molecule has 0 aliphatic heterocycles. The normalized spacial score (nSPS) is 12.5. The Morgan fingerprint density at radius 3 is 3.07 bits per heavy atom. The Kier molecular flexibility index (Phi) is 4.23. The fourth-order valence-corrected chi connectivity index (χ4v) is 1.15. The number of nitrogen functional groups attached to an aromatic ring is 1. The summed E-state index contributed by atoms with van der Waals surface area (Å²) in [5.41, 5.74) is 5.30. The van der Waals surface area contributed by atoms with Gasteiger partial charge in [-0.1, -0.05) is 13.3 Å². The number of nitrogens with zero attached hydrogens (tertiary/aromatic N) is 2. The Morgan fingerprint density at radius 2 is 2.40 bits per heavy atom. The second kappa shape index (κ2) is 5.45. The van der Waals surface area contributed by atoms with Crippen LogP contribution in [-0.4, -0.2) is 27.7 Å². The molecule has 0 aliphatic rings. The molecule has 6 heteroatoms. The van der Waals surface area contributed by atoms with Gasteiger partial charge in [0.05, 0.1) is 12.3 Å². The lowest BCUT2D eigenvalue weighted by atomic mass is 10.2. The number of aromatic nitrogens is 2. The monoisotopic (exact) mass is 214 g/mol. The molecule has 1 aromatic rings. The Bertz CT molecular complexity index is 321. The molecule has 0 fully saturated rings. The number of hydrogen-bond donors (Lipinski definition) is 3. The van der Waals surface area contributed by atoms with Crippen molar-refractivity contribution in [3.63, 3.8) is 0 Å². The molecule has 0 bridgehead atoms. The maximum atomic E-state index is 13.1. The van der Waals surface area contributed by atoms with Crippen LogP contribution >= 0.6 is 0 Å². The predicted octanol–water partition coefficient (Wildman–Crippen LogP) is 0.771. The number of anilines is 2. The highest BCUT2D eigenvalue weighted by Crippen LogP contribution is 2.10. The largest absolute Gasteiger partial charge is 0.391 e. The molecule has 0 amide bonds. The van der Waals surface area contributed by atoms with Gasteiger partial charge in [-0.3, -0.25) is 0 Å². The van der Waals surface area contributed by atoms with Gasteiger partial charge in [0, 0.05) is 6.54 Å². The Hall–Kier alpha value is -1.43. The molecule has 1 atom stereocenters. The van der Waals surface area contributed by atoms with Crippen molar-refractivity contribution in [2.75, 3.05) is 17.6 Å². The van der Waals surface area contributed by atoms with Crippen LogP contribution in [0.15, 0.2) is 6.20 Å². The van der Waals surface area contributed by atoms with Crippen molar-refractivity contribution < 1.29 is 9.50 Å². The maximum Gasteiger partial charge on any atom is 0.222 e. The molecule has 5 nitrogen and oxygen atoms in total. The average Bonchev–Trinajstić information content (AvgIpc) is 2.20. The minimum atomic E-state index is -0.576. The van der Waals surface area contributed by atoms with E-state index in [1.54, 1.807) is 0 Å². The van der Waals surface area contributed by atoms with Gasteiger partial charge < -0.3 is 16.2 Å². The molecule has 84 valence electrons. The van der Waals surface area contributed by atoms with Crippen molar-refractivity contribution in [3.8, 4) is 0 Å². The van der Waals surface area contributed by atoms with Crippen LogP contribution in [0, 0.1) is 5.82 Å². The molecule has 15 heavy (non-hydrogen) atoms. The summed E-state index contributed by atoms with van der Waals surface area (Å²) in [7, 11) is 0. The second-order valence-electron chi connectivity index (χ2n) is 3.25. The molecule has 4 N–H and O–H groups in total. The van der Waals surface area contributed by atoms with Crippen LogP contribution in [0.25, 0.3) is 0 Å². The molecule has 1 heterocycles. The second-order valence-corrected chi connectivity index (χ2v) is 3.25. The zero-order valence-corrected chi connectivity index (χ0v) is 8.57. The third-order valence-electron chi connectivity index (χ3n) is 1.89. The molecule has 0 saturated heterocycles. The first-order valence-corrected chi connectivity index (χ1v) is 4.83. The van der Waals surface area contributed by atoms with Crippen LogP contribution in [-0.2, 0) is 0 Å². The van der Waals surface area contributed by atoms with Crippen molar-refractivity contribution in [1.29, 1.82) is 0 Å². The molecule has 1 rings (SSSR count). The first kappa shape index (κ1) is 11.6. The van der Waals surface area contributed by atoms with E-state index in [0.29, 0.717) is 6.42 Å². The van der Waals surface area contributed by atoms with E-state index in [0.717, 1.165) is 12.6 Å². The van der Waals surface area contributed by atoms with Crippen molar-refractivity contribution in [2.45, 2.75) is 25.9 Å². The fraction of sp³-hybridized carbons (Fsp3) is 0.556. The molecule has 1 aromatic heterocycles. The SMILES string of the molecule is CCCC(O)CNc1nc(N)ncc1F. The highest BCUT2D eigenvalue weighted by atomic mass is 19.1. The molecule has 0 aliphatic carbocycles. The van der Waals surface area contributed by atoms with Gasteiger partial charge >= 0.3 is 0 Å². The average molecular weight is 214 g/mol. The lowest BCUT2D eigenvalue weighted by molar-refractivity contribution is 0.176. The highest BCUT2D eigenvalue weighted by Gasteiger charge is 2.07. The van der Waals surface area contributed by atoms with Crippen LogP contribution in [0.3, 0.4) is 0 Å². The lowest BCUT2D eigenvalue weighted by Crippen LogP contribution is -2.20. The number of rotatable bonds is 5. The molecule has 0 radical (unpaired) electrons. The highest BCUT2D eigenvalue weighted by molar-refractivity contribution is 5.39. The minimum absolute atomic E-state index is 0.00359. The van der Waals surface area contributed by atoms with Gasteiger partial charge in [-0.25, -0.2) is 9.37 Å². The van der Waals surface area contributed by atoms with Crippen molar-refractivity contribution >= 4 is 11.8 Å². The number of nitrogens with two attached hydrogens (primary N) is 1. The van der Waals surface area contributed by atoms with Crippen LogP contribution in [0.5, 0.6) is 0 Å². The summed E-state index contributed by atoms with van der Waals surface area (Å²) in [5, 5.41) is 12.1. The van der Waals surface area contributed by atoms with Gasteiger partial charge in [0.25, 0.3) is 0 Å². The van der Waals surface area contributed by atoms with E-state index in [4.69, 9.17) is 5.73 Å². The Morgan fingerprint density at radius 1 is 1.67 bits per heavy atom. The van der Waals surface area contributed by atoms with Crippen LogP contribution in [0.4, 0.5) is 16.2 Å². The zero-order chi connectivity index (χ0) is 11.3. The van der Waals surface area contributed by atoms with Gasteiger partial charge in [-0.2, -0.15) is 4.98 Å². The molecule has 1 unspecified atom stereocenters. The van der Waals surface area contributed by atoms with Crippen molar-refractivity contribution in [1.82, 2.24) is 9.97 Å². The molecular weight excluding hydrogens is 199 g/mol. The van der Waals surface area contributed by atoms with E-state index in [-0.39, 0.29) is 18.3 Å². The topological polar surface area (TPSA) is 84.1 Å². The first-order valence-electron chi connectivity index (χ1n) is 4.83. The Labute approximate surface area is 87.5 Å². The zero-order valence-electron chi connectivity index (χ0n) is 8.57. The summed E-state index contributed by atoms with van der Waals surface area (Å²) in [5.74, 6) is -0.547. The van der Waals surface area contributed by atoms with Crippen LogP contribution < -0.4 is 11.1 Å². The van der Waals surface area contributed by atoms with Gasteiger partial charge in [0.2, 0.25) is 5.95 Å². The molecular formula is C9H15FN4O. The summed E-state index contributed by atoms with van der Waals surface area (Å²) in [6, 6.07) is 0. The predicted molar refractivity (Wildman–Crippen MR) is 55.8 cm³/mol. The first-order chi connectivity index (χ1) is 7.13. The van der Waals surface area contributed by atoms with Crippen molar-refractivity contribution in [3.05, 3.63) is 12.0 Å². The molecule has 0 spiro atoms. The Balaban J connectivity index is 2.53. The summed E-state index contributed by atoms with van der Waals surface area (Å²) >= 11 is 0. The van der Waals surface area contributed by atoms with Crippen LogP contribution in [0.2, 0.25) is 0 Å². The summed E-state index contributed by atoms with van der Waals surface area (Å²) in [4.78, 5) is 7.17. The van der Waals surface area contributed by atoms with Gasteiger partial charge in [-0.05, 0) is 6.42 Å². The summed E-state index contributed by atoms with van der Waals surface area (Å²) < 4.78 is 13.1. The smallest absolute Gasteiger partial charge is 0.222 e. The quantitative estimate of drug-likeness (QED) is 0.674. The third-order valence-corrected chi connectivity index (χ3v) is 1.89. The van der Waals surface area contributed by atoms with E-state index < -0.39 is 11.9 Å². The number of aliphatic hydroxyl groups excluding tert-OH is 1. The fourth-order valence-electron chi connectivity index (χ4n) is 1.15. The summed E-state index contributed by atoms with van der Waals surface area (Å²) in [6.07, 6.45) is 2.02. The van der Waals surface area contributed by atoms with Crippen molar-refractivity contribution in [2.24, 2.45) is 0 Å². The number of nitrogens with one attached hydrogen (secondary N) is 1. The van der Waals surface area contributed by atoms with E-state index in [1.165, 1.54) is 0 Å². The standard InChI is InChI=1S/C9H15FN4O/c1-2-3-6(15)4-12-8-7(10)5-13-9(11)14-8/h5-6,15H,2-4H2,1H3,(H3,11,12,13,14). The van der Waals surface area contributed by atoms with E-state index in [9.17, 15) is 9.50 Å². The van der Waals surface area contributed by atoms with Gasteiger partial charge in [-0.15, -0.1) is 0 Å². The number of hydrogen-bond acceptors (Lipinski definition) is 5. The van der Waals surface area contributed by atoms with E-state index in [2.05, 4.69) is 15.3 Å². The van der Waals surface area contributed by atoms with Gasteiger partial charge in [0.15, 0.2) is 11.6 Å². The molecule has 0 saturated carbocycles. The minimum Gasteiger partial charge on any atom is -0.391 e. The van der Waals surface area contributed by atoms with E-state index >= 15 is 0 Å². The maximum absolute atomic E-state index is 13.1. The molecule has 0 aromatic carbocycles.